The van der Waals surface area contributed by atoms with E-state index in [4.69, 9.17) is 20.9 Å². The van der Waals surface area contributed by atoms with Crippen LogP contribution in [0.4, 0.5) is 0 Å². The second-order valence-electron chi connectivity index (χ2n) is 6.98. The molecule has 0 radical (unpaired) electrons. The van der Waals surface area contributed by atoms with Gasteiger partial charge in [0.15, 0.2) is 0 Å². The average molecular weight is 434 g/mol. The maximum absolute atomic E-state index is 12.8. The fourth-order valence-electron chi connectivity index (χ4n) is 2.94. The molecule has 0 aliphatic heterocycles. The van der Waals surface area contributed by atoms with Crippen molar-refractivity contribution in [3.8, 4) is 17.1 Å². The standard InChI is InChI=1S/C24H20ClN3O3/c1-16-7-9-18(10-8-16)23-27-22(31-28-23)14-26-24(29)20-13-19(25)11-12-21(20)30-15-17-5-3-2-4-6-17/h2-13H,14-15H2,1H3,(H,26,29). The minimum Gasteiger partial charge on any atom is -0.488 e. The van der Waals surface area contributed by atoms with Crippen molar-refractivity contribution in [1.82, 2.24) is 15.5 Å². The summed E-state index contributed by atoms with van der Waals surface area (Å²) < 4.78 is 11.1. The minimum absolute atomic E-state index is 0.0856. The molecular formula is C24H20ClN3O3. The maximum atomic E-state index is 12.8. The van der Waals surface area contributed by atoms with Crippen LogP contribution in [0, 0.1) is 6.92 Å². The lowest BCUT2D eigenvalue weighted by atomic mass is 10.1. The smallest absolute Gasteiger partial charge is 0.255 e. The van der Waals surface area contributed by atoms with Crippen LogP contribution in [0.15, 0.2) is 77.3 Å². The molecule has 1 N–H and O–H groups in total. The number of hydrogen-bond acceptors (Lipinski definition) is 5. The summed E-state index contributed by atoms with van der Waals surface area (Å²) in [5, 5.41) is 7.20. The van der Waals surface area contributed by atoms with Gasteiger partial charge in [0.2, 0.25) is 11.7 Å². The molecule has 0 spiro atoms. The highest BCUT2D eigenvalue weighted by Gasteiger charge is 2.16. The van der Waals surface area contributed by atoms with E-state index in [9.17, 15) is 4.79 Å². The summed E-state index contributed by atoms with van der Waals surface area (Å²) in [7, 11) is 0. The monoisotopic (exact) mass is 433 g/mol. The van der Waals surface area contributed by atoms with Crippen LogP contribution in [0.25, 0.3) is 11.4 Å². The number of carbonyl (C=O) groups excluding carboxylic acids is 1. The lowest BCUT2D eigenvalue weighted by Crippen LogP contribution is -2.23. The highest BCUT2D eigenvalue weighted by Crippen LogP contribution is 2.24. The van der Waals surface area contributed by atoms with Crippen molar-refractivity contribution in [3.05, 3.63) is 100 Å². The Kier molecular flexibility index (Phi) is 6.29. The fraction of sp³-hybridized carbons (Fsp3) is 0.125. The Hall–Kier alpha value is -3.64. The first-order valence-corrected chi connectivity index (χ1v) is 10.1. The minimum atomic E-state index is -0.347. The number of rotatable bonds is 7. The number of hydrogen-bond donors (Lipinski definition) is 1. The zero-order valence-corrected chi connectivity index (χ0v) is 17.6. The van der Waals surface area contributed by atoms with E-state index in [2.05, 4.69) is 15.5 Å². The first-order chi connectivity index (χ1) is 15.1. The first kappa shape index (κ1) is 20.6. The topological polar surface area (TPSA) is 77.2 Å². The van der Waals surface area contributed by atoms with Gasteiger partial charge in [-0.3, -0.25) is 4.79 Å². The molecule has 0 saturated carbocycles. The molecule has 0 aliphatic rings. The number of amides is 1. The zero-order chi connectivity index (χ0) is 21.6. The summed E-state index contributed by atoms with van der Waals surface area (Å²) in [6.07, 6.45) is 0. The van der Waals surface area contributed by atoms with Gasteiger partial charge in [0.1, 0.15) is 12.4 Å². The molecule has 7 heteroatoms. The highest BCUT2D eigenvalue weighted by atomic mass is 35.5. The van der Waals surface area contributed by atoms with Crippen molar-refractivity contribution in [2.45, 2.75) is 20.1 Å². The van der Waals surface area contributed by atoms with E-state index in [-0.39, 0.29) is 12.5 Å². The van der Waals surface area contributed by atoms with Crippen LogP contribution in [-0.4, -0.2) is 16.0 Å². The van der Waals surface area contributed by atoms with Crippen LogP contribution >= 0.6 is 11.6 Å². The fourth-order valence-corrected chi connectivity index (χ4v) is 3.11. The van der Waals surface area contributed by atoms with Gasteiger partial charge in [-0.15, -0.1) is 0 Å². The molecule has 31 heavy (non-hydrogen) atoms. The molecule has 0 aliphatic carbocycles. The molecule has 1 heterocycles. The van der Waals surface area contributed by atoms with E-state index in [1.807, 2.05) is 61.5 Å². The van der Waals surface area contributed by atoms with Gasteiger partial charge in [0, 0.05) is 10.6 Å². The largest absolute Gasteiger partial charge is 0.488 e. The van der Waals surface area contributed by atoms with Gasteiger partial charge >= 0.3 is 0 Å². The van der Waals surface area contributed by atoms with Crippen LogP contribution in [0.1, 0.15) is 27.4 Å². The third-order valence-electron chi connectivity index (χ3n) is 4.60. The number of aromatic nitrogens is 2. The van der Waals surface area contributed by atoms with E-state index in [0.717, 1.165) is 16.7 Å². The summed E-state index contributed by atoms with van der Waals surface area (Å²) in [6.45, 7) is 2.43. The molecule has 0 fully saturated rings. The molecule has 3 aromatic carbocycles. The number of nitrogens with one attached hydrogen (secondary N) is 1. The predicted octanol–water partition coefficient (Wildman–Crippen LogP) is 5.21. The number of halogens is 1. The van der Waals surface area contributed by atoms with Gasteiger partial charge in [-0.2, -0.15) is 4.98 Å². The van der Waals surface area contributed by atoms with Gasteiger partial charge < -0.3 is 14.6 Å². The molecule has 156 valence electrons. The van der Waals surface area contributed by atoms with Gasteiger partial charge in [-0.05, 0) is 30.7 Å². The van der Waals surface area contributed by atoms with Crippen LogP contribution in [0.5, 0.6) is 5.75 Å². The molecule has 4 rings (SSSR count). The van der Waals surface area contributed by atoms with Crippen molar-refractivity contribution in [2.24, 2.45) is 0 Å². The van der Waals surface area contributed by atoms with E-state index in [0.29, 0.717) is 34.7 Å². The summed E-state index contributed by atoms with van der Waals surface area (Å²) >= 11 is 6.10. The quantitative estimate of drug-likeness (QED) is 0.433. The van der Waals surface area contributed by atoms with Crippen molar-refractivity contribution < 1.29 is 14.1 Å². The van der Waals surface area contributed by atoms with Gasteiger partial charge in [-0.25, -0.2) is 0 Å². The molecule has 6 nitrogen and oxygen atoms in total. The number of aryl methyl sites for hydroxylation is 1. The lowest BCUT2D eigenvalue weighted by Gasteiger charge is -2.12. The summed E-state index contributed by atoms with van der Waals surface area (Å²) in [4.78, 5) is 17.1. The van der Waals surface area contributed by atoms with Gasteiger partial charge in [0.05, 0.1) is 12.1 Å². The van der Waals surface area contributed by atoms with Crippen LogP contribution < -0.4 is 10.1 Å². The molecule has 0 unspecified atom stereocenters. The number of carbonyl (C=O) groups is 1. The Labute approximate surface area is 184 Å². The molecular weight excluding hydrogens is 414 g/mol. The molecule has 4 aromatic rings. The van der Waals surface area contributed by atoms with Crippen molar-refractivity contribution in [1.29, 1.82) is 0 Å². The van der Waals surface area contributed by atoms with Crippen LogP contribution in [-0.2, 0) is 13.2 Å². The SMILES string of the molecule is Cc1ccc(-c2noc(CNC(=O)c3cc(Cl)ccc3OCc3ccccc3)n2)cc1. The van der Waals surface area contributed by atoms with E-state index in [1.165, 1.54) is 0 Å². The molecule has 0 bridgehead atoms. The van der Waals surface area contributed by atoms with Crippen molar-refractivity contribution in [3.63, 3.8) is 0 Å². The molecule has 0 saturated heterocycles. The summed E-state index contributed by atoms with van der Waals surface area (Å²) in [5.41, 5.74) is 3.32. The lowest BCUT2D eigenvalue weighted by molar-refractivity contribution is 0.0941. The molecule has 1 aromatic heterocycles. The van der Waals surface area contributed by atoms with Crippen molar-refractivity contribution in [2.75, 3.05) is 0 Å². The second-order valence-corrected chi connectivity index (χ2v) is 7.41. The highest BCUT2D eigenvalue weighted by molar-refractivity contribution is 6.31. The number of benzene rings is 3. The third kappa shape index (κ3) is 5.29. The normalized spacial score (nSPS) is 10.6. The Morgan fingerprint density at radius 2 is 1.84 bits per heavy atom. The van der Waals surface area contributed by atoms with E-state index < -0.39 is 0 Å². The average Bonchev–Trinajstić information content (AvgIpc) is 3.27. The first-order valence-electron chi connectivity index (χ1n) is 9.72. The van der Waals surface area contributed by atoms with E-state index in [1.54, 1.807) is 18.2 Å². The number of nitrogens with zero attached hydrogens (tertiary/aromatic N) is 2. The maximum Gasteiger partial charge on any atom is 0.255 e. The second kappa shape index (κ2) is 9.45. The van der Waals surface area contributed by atoms with Crippen molar-refractivity contribution >= 4 is 17.5 Å². The van der Waals surface area contributed by atoms with E-state index >= 15 is 0 Å². The van der Waals surface area contributed by atoms with Gasteiger partial charge in [0.25, 0.3) is 5.91 Å². The third-order valence-corrected chi connectivity index (χ3v) is 4.84. The zero-order valence-electron chi connectivity index (χ0n) is 16.8. The summed E-state index contributed by atoms with van der Waals surface area (Å²) in [6, 6.07) is 22.4. The Bertz CT molecular complexity index is 1170. The predicted molar refractivity (Wildman–Crippen MR) is 118 cm³/mol. The van der Waals surface area contributed by atoms with Crippen LogP contribution in [0.3, 0.4) is 0 Å². The number of ether oxygens (including phenoxy) is 1. The Balaban J connectivity index is 1.42. The molecule has 0 atom stereocenters. The molecule has 1 amide bonds. The van der Waals surface area contributed by atoms with Crippen LogP contribution in [0.2, 0.25) is 5.02 Å². The Morgan fingerprint density at radius 3 is 2.61 bits per heavy atom. The van der Waals surface area contributed by atoms with Gasteiger partial charge in [-0.1, -0.05) is 76.9 Å². The Morgan fingerprint density at radius 1 is 1.06 bits per heavy atom. The summed E-state index contributed by atoms with van der Waals surface area (Å²) in [5.74, 6) is 0.869.